The monoisotopic (exact) mass is 1080 g/mol. The molecule has 0 radical (unpaired) electrons. The third-order valence-electron chi connectivity index (χ3n) is 12.9. The Hall–Kier alpha value is -5.56. The molecule has 1 aromatic carbocycles. The molecule has 20 nitrogen and oxygen atoms in total. The minimum atomic E-state index is -0.488. The summed E-state index contributed by atoms with van der Waals surface area (Å²) in [7, 11) is 4.84. The number of nitrogens with one attached hydrogen (secondary N) is 2. The number of nitrogens with zero attached hydrogens (tertiary/aromatic N) is 5. The van der Waals surface area contributed by atoms with Crippen molar-refractivity contribution < 1.29 is 61.6 Å². The highest BCUT2D eigenvalue weighted by Crippen LogP contribution is 2.36. The van der Waals surface area contributed by atoms with E-state index < -0.39 is 6.29 Å². The van der Waals surface area contributed by atoms with Gasteiger partial charge in [0.1, 0.15) is 13.6 Å². The van der Waals surface area contributed by atoms with Crippen molar-refractivity contribution in [3.8, 4) is 11.1 Å². The molecule has 0 atom stereocenters. The number of hydrogen-bond acceptors (Lipinski definition) is 17. The van der Waals surface area contributed by atoms with Gasteiger partial charge in [0, 0.05) is 89.2 Å². The van der Waals surface area contributed by atoms with Crippen LogP contribution in [0.25, 0.3) is 57.5 Å². The van der Waals surface area contributed by atoms with Gasteiger partial charge >= 0.3 is 0 Å². The van der Waals surface area contributed by atoms with E-state index in [1.54, 1.807) is 26.0 Å². The molecular formula is C58H77N7O13. The fourth-order valence-corrected chi connectivity index (χ4v) is 8.97. The highest BCUT2D eigenvalue weighted by atomic mass is 16.7. The first-order valence-corrected chi connectivity index (χ1v) is 26.8. The average Bonchev–Trinajstić information content (AvgIpc) is 4.41. The van der Waals surface area contributed by atoms with Gasteiger partial charge in [0.25, 0.3) is 0 Å². The van der Waals surface area contributed by atoms with Gasteiger partial charge in [0.15, 0.2) is 6.29 Å². The van der Waals surface area contributed by atoms with Crippen molar-refractivity contribution in [3.05, 3.63) is 105 Å². The maximum absolute atomic E-state index is 6.30. The lowest BCUT2D eigenvalue weighted by Crippen LogP contribution is -2.33. The minimum Gasteiger partial charge on any atom is -0.382 e. The van der Waals surface area contributed by atoms with Gasteiger partial charge in [-0.1, -0.05) is 37.3 Å². The van der Waals surface area contributed by atoms with E-state index in [2.05, 4.69) is 107 Å². The molecule has 3 aliphatic rings. The largest absolute Gasteiger partial charge is 0.382 e. The number of benzene rings is 1. The van der Waals surface area contributed by atoms with Crippen molar-refractivity contribution in [3.63, 3.8) is 0 Å². The summed E-state index contributed by atoms with van der Waals surface area (Å²) in [5.74, 6) is 0. The smallest absolute Gasteiger partial charge is 0.183 e. The van der Waals surface area contributed by atoms with Crippen LogP contribution < -0.4 is 0 Å². The van der Waals surface area contributed by atoms with Crippen LogP contribution >= 0.6 is 0 Å². The lowest BCUT2D eigenvalue weighted by molar-refractivity contribution is -0.226. The van der Waals surface area contributed by atoms with E-state index in [0.717, 1.165) is 83.9 Å². The van der Waals surface area contributed by atoms with Gasteiger partial charge in [-0.05, 0) is 73.0 Å². The molecule has 0 amide bonds. The Bertz CT molecular complexity index is 2730. The SMILES string of the molecule is COCCOCCOCCn1cc(Cc2c3nc(c(CCOCCOCCOCOC)c4ccc([nH]4)c(-c4cccc(C5OCC(C)(C)CO5)c4)c4ccc([nH]4)c(CCOCCOCCOCOC)c4nc2C=C4)C=C3)nn1. The molecule has 5 aromatic rings. The maximum Gasteiger partial charge on any atom is 0.183 e. The number of fused-ring (bicyclic) bond motifs is 8. The summed E-state index contributed by atoms with van der Waals surface area (Å²) in [5.41, 5.74) is 13.3. The predicted molar refractivity (Wildman–Crippen MR) is 295 cm³/mol. The predicted octanol–water partition coefficient (Wildman–Crippen LogP) is 7.65. The van der Waals surface area contributed by atoms with Crippen LogP contribution in [0.15, 0.2) is 54.7 Å². The highest BCUT2D eigenvalue weighted by Gasteiger charge is 2.29. The number of rotatable bonds is 35. The van der Waals surface area contributed by atoms with Crippen LogP contribution in [0.2, 0.25) is 0 Å². The summed E-state index contributed by atoms with van der Waals surface area (Å²) in [4.78, 5) is 18.5. The summed E-state index contributed by atoms with van der Waals surface area (Å²) in [6.07, 6.45) is 11.3. The standard InChI is InChI=1S/C58H77N7O13/c1-58(2)38-77-57(78-39-58)43-8-6-7-42(35-43)56-54-15-13-50(61-54)45(17-20-69-25-28-73-31-33-75-40-67-4)48-9-11-52(59-48)47(36-44-37-65(64-63-44)19-22-71-27-30-72-24-23-66-3)53-12-10-49(60-53)46(51-14-16-55(56)62-51)18-21-70-26-29-74-32-34-76-41-68-5/h6-16,35,37,57,61-62H,17-34,36,38-41H2,1-5H3. The van der Waals surface area contributed by atoms with E-state index in [9.17, 15) is 0 Å². The molecule has 1 fully saturated rings. The molecule has 0 unspecified atom stereocenters. The van der Waals surface area contributed by atoms with Crippen LogP contribution in [0.5, 0.6) is 0 Å². The van der Waals surface area contributed by atoms with Crippen molar-refractivity contribution in [2.24, 2.45) is 5.41 Å². The van der Waals surface area contributed by atoms with Crippen LogP contribution in [-0.2, 0) is 87.4 Å². The number of ether oxygens (including phenoxy) is 13. The molecule has 78 heavy (non-hydrogen) atoms. The summed E-state index contributed by atoms with van der Waals surface area (Å²) in [5, 5.41) is 9.08. The van der Waals surface area contributed by atoms with Crippen LogP contribution in [0.1, 0.15) is 70.9 Å². The normalized spacial score (nSPS) is 14.3. The second-order valence-electron chi connectivity index (χ2n) is 19.5. The van der Waals surface area contributed by atoms with Gasteiger partial charge in [-0.25, -0.2) is 14.6 Å². The quantitative estimate of drug-likeness (QED) is 0.0289. The molecule has 0 aliphatic carbocycles. The minimum absolute atomic E-state index is 0.0704. The fourth-order valence-electron chi connectivity index (χ4n) is 8.97. The van der Waals surface area contributed by atoms with Crippen molar-refractivity contribution in [2.45, 2.75) is 45.9 Å². The van der Waals surface area contributed by atoms with E-state index in [4.69, 9.17) is 71.5 Å². The third kappa shape index (κ3) is 17.5. The van der Waals surface area contributed by atoms with Gasteiger partial charge in [-0.2, -0.15) is 0 Å². The van der Waals surface area contributed by atoms with Crippen molar-refractivity contribution in [1.82, 2.24) is 34.9 Å². The number of H-pyrrole nitrogens is 2. The summed E-state index contributed by atoms with van der Waals surface area (Å²) >= 11 is 0. The van der Waals surface area contributed by atoms with Crippen molar-refractivity contribution in [1.29, 1.82) is 0 Å². The Kier molecular flexibility index (Phi) is 23.5. The number of methoxy groups -OCH3 is 3. The second-order valence-corrected chi connectivity index (χ2v) is 19.5. The Morgan fingerprint density at radius 3 is 1.54 bits per heavy atom. The molecule has 2 N–H and O–H groups in total. The number of aromatic nitrogens is 7. The van der Waals surface area contributed by atoms with Gasteiger partial charge in [0.05, 0.1) is 147 Å². The van der Waals surface area contributed by atoms with Gasteiger partial charge in [0.2, 0.25) is 0 Å². The van der Waals surface area contributed by atoms with Crippen LogP contribution in [0.4, 0.5) is 0 Å². The molecule has 8 bridgehead atoms. The van der Waals surface area contributed by atoms with E-state index >= 15 is 0 Å². The first-order chi connectivity index (χ1) is 38.3. The zero-order valence-corrected chi connectivity index (χ0v) is 45.9. The van der Waals surface area contributed by atoms with Crippen LogP contribution in [0.3, 0.4) is 0 Å². The summed E-state index contributed by atoms with van der Waals surface area (Å²) in [6, 6.07) is 16.9. The number of aromatic amines is 2. The van der Waals surface area contributed by atoms with E-state index in [-0.39, 0.29) is 19.0 Å². The molecule has 3 aliphatic heterocycles. The Balaban J connectivity index is 1.18. The average molecular weight is 1080 g/mol. The second kappa shape index (κ2) is 31.3. The van der Waals surface area contributed by atoms with Crippen LogP contribution in [0, 0.1) is 5.41 Å². The van der Waals surface area contributed by atoms with Crippen molar-refractivity contribution in [2.75, 3.05) is 147 Å². The molecule has 0 spiro atoms. The van der Waals surface area contributed by atoms with E-state index in [0.29, 0.717) is 138 Å². The first kappa shape index (κ1) is 58.6. The molecule has 20 heteroatoms. The zero-order chi connectivity index (χ0) is 54.2. The molecule has 1 saturated heterocycles. The topological polar surface area (TPSA) is 208 Å². The molecule has 0 saturated carbocycles. The molecule has 8 rings (SSSR count). The molecule has 422 valence electrons. The van der Waals surface area contributed by atoms with Gasteiger partial charge < -0.3 is 71.5 Å². The summed E-state index contributed by atoms with van der Waals surface area (Å²) < 4.78 is 75.3. The first-order valence-electron chi connectivity index (χ1n) is 26.8. The lowest BCUT2D eigenvalue weighted by atomic mass is 9.95. The zero-order valence-electron chi connectivity index (χ0n) is 45.9. The Labute approximate surface area is 456 Å². The van der Waals surface area contributed by atoms with Crippen molar-refractivity contribution >= 4 is 46.4 Å². The fraction of sp³-hybridized carbons (Fsp3) is 0.517. The molecule has 7 heterocycles. The molecular weight excluding hydrogens is 1000 g/mol. The maximum atomic E-state index is 6.30. The third-order valence-corrected chi connectivity index (χ3v) is 12.9. The van der Waals surface area contributed by atoms with Crippen LogP contribution in [-0.4, -0.2) is 182 Å². The van der Waals surface area contributed by atoms with E-state index in [1.807, 2.05) is 6.20 Å². The van der Waals surface area contributed by atoms with Gasteiger partial charge in [-0.3, -0.25) is 0 Å². The highest BCUT2D eigenvalue weighted by molar-refractivity contribution is 5.94. The number of hydrogen-bond donors (Lipinski definition) is 2. The summed E-state index contributed by atoms with van der Waals surface area (Å²) in [6.45, 7) is 13.3. The van der Waals surface area contributed by atoms with Gasteiger partial charge in [-0.15, -0.1) is 5.10 Å². The Morgan fingerprint density at radius 1 is 0.538 bits per heavy atom. The lowest BCUT2D eigenvalue weighted by Gasteiger charge is -2.34. The Morgan fingerprint density at radius 2 is 1.01 bits per heavy atom. The molecule has 4 aromatic heterocycles. The van der Waals surface area contributed by atoms with E-state index in [1.165, 1.54) is 0 Å².